The zero-order valence-corrected chi connectivity index (χ0v) is 10.7. The normalized spacial score (nSPS) is 11.3. The van der Waals surface area contributed by atoms with E-state index in [1.54, 1.807) is 0 Å². The first-order valence-corrected chi connectivity index (χ1v) is 7.08. The molecule has 0 atom stereocenters. The molecule has 0 saturated carbocycles. The minimum absolute atomic E-state index is 0.0407. The van der Waals surface area contributed by atoms with E-state index < -0.39 is 0 Å². The van der Waals surface area contributed by atoms with Crippen molar-refractivity contribution in [2.75, 3.05) is 7.11 Å². The van der Waals surface area contributed by atoms with Crippen LogP contribution in [0.4, 0.5) is 0 Å². The Morgan fingerprint density at radius 2 is 2.08 bits per heavy atom. The van der Waals surface area contributed by atoms with Gasteiger partial charge in [-0.05, 0) is 0 Å². The Kier molecular flexibility index (Phi) is 5.95. The van der Waals surface area contributed by atoms with Crippen molar-refractivity contribution in [3.05, 3.63) is 0 Å². The van der Waals surface area contributed by atoms with Gasteiger partial charge in [-0.3, -0.25) is 0 Å². The van der Waals surface area contributed by atoms with Crippen LogP contribution in [0.3, 0.4) is 0 Å². The van der Waals surface area contributed by atoms with Gasteiger partial charge in [0, 0.05) is 0 Å². The fourth-order valence-corrected chi connectivity index (χ4v) is 4.04. The second-order valence-electron chi connectivity index (χ2n) is 3.20. The molecular formula is C9H18O2Te. The van der Waals surface area contributed by atoms with Crippen LogP contribution in [0.2, 0.25) is 7.93 Å². The van der Waals surface area contributed by atoms with Gasteiger partial charge >= 0.3 is 85.1 Å². The molecule has 2 nitrogen and oxygen atoms in total. The molecule has 0 fully saturated rings. The zero-order valence-electron chi connectivity index (χ0n) is 8.35. The molecule has 0 aliphatic rings. The van der Waals surface area contributed by atoms with Crippen LogP contribution in [0.15, 0.2) is 0 Å². The van der Waals surface area contributed by atoms with Crippen LogP contribution in [0.25, 0.3) is 0 Å². The summed E-state index contributed by atoms with van der Waals surface area (Å²) in [4.78, 5) is 11.2. The SMILES string of the molecule is CCCC[Te]C(C)(C)C(=O)OC. The Bertz CT molecular complexity index is 143. The van der Waals surface area contributed by atoms with Crippen LogP contribution < -0.4 is 0 Å². The number of carbonyl (C=O) groups is 1. The Labute approximate surface area is 85.1 Å². The molecule has 0 unspecified atom stereocenters. The predicted octanol–water partition coefficient (Wildman–Crippen LogP) is 2.28. The molecular weight excluding hydrogens is 268 g/mol. The average Bonchev–Trinajstić information content (AvgIpc) is 2.03. The molecule has 72 valence electrons. The van der Waals surface area contributed by atoms with Gasteiger partial charge < -0.3 is 0 Å². The summed E-state index contributed by atoms with van der Waals surface area (Å²) < 4.78 is 5.81. The number of hydrogen-bond donors (Lipinski definition) is 0. The molecule has 0 radical (unpaired) electrons. The molecule has 0 aromatic rings. The Balaban J connectivity index is 3.78. The molecule has 12 heavy (non-hydrogen) atoms. The first-order valence-electron chi connectivity index (χ1n) is 4.27. The van der Waals surface area contributed by atoms with Crippen LogP contribution in [0, 0.1) is 0 Å². The Morgan fingerprint density at radius 3 is 2.50 bits per heavy atom. The van der Waals surface area contributed by atoms with Crippen LogP contribution in [-0.4, -0.2) is 34.0 Å². The van der Waals surface area contributed by atoms with Crippen LogP contribution in [-0.2, 0) is 9.53 Å². The van der Waals surface area contributed by atoms with Crippen molar-refractivity contribution >= 4 is 26.9 Å². The molecule has 0 aromatic heterocycles. The van der Waals surface area contributed by atoms with Crippen LogP contribution in [0.1, 0.15) is 33.6 Å². The van der Waals surface area contributed by atoms with E-state index in [0.29, 0.717) is 0 Å². The molecule has 0 bridgehead atoms. The molecule has 0 amide bonds. The van der Waals surface area contributed by atoms with Crippen molar-refractivity contribution in [1.82, 2.24) is 0 Å². The minimum atomic E-state index is -0.226. The van der Waals surface area contributed by atoms with E-state index in [4.69, 9.17) is 4.74 Å². The van der Waals surface area contributed by atoms with Gasteiger partial charge in [0.1, 0.15) is 0 Å². The van der Waals surface area contributed by atoms with Crippen molar-refractivity contribution in [2.45, 2.75) is 41.5 Å². The summed E-state index contributed by atoms with van der Waals surface area (Å²) in [5.74, 6) is -0.0407. The van der Waals surface area contributed by atoms with E-state index in [9.17, 15) is 4.79 Å². The molecule has 0 aliphatic carbocycles. The van der Waals surface area contributed by atoms with Crippen molar-refractivity contribution in [3.63, 3.8) is 0 Å². The number of methoxy groups -OCH3 is 1. The molecule has 0 aliphatic heterocycles. The predicted molar refractivity (Wildman–Crippen MR) is 51.5 cm³/mol. The van der Waals surface area contributed by atoms with Gasteiger partial charge in [0.05, 0.1) is 0 Å². The van der Waals surface area contributed by atoms with Crippen LogP contribution >= 0.6 is 0 Å². The monoisotopic (exact) mass is 288 g/mol. The molecule has 0 saturated heterocycles. The topological polar surface area (TPSA) is 26.3 Å². The second kappa shape index (κ2) is 5.83. The maximum absolute atomic E-state index is 11.2. The summed E-state index contributed by atoms with van der Waals surface area (Å²) in [6, 6.07) is 0. The molecule has 0 N–H and O–H groups in total. The number of esters is 1. The molecule has 0 heterocycles. The van der Waals surface area contributed by atoms with Gasteiger partial charge in [0.2, 0.25) is 0 Å². The molecule has 3 heteroatoms. The fourth-order valence-electron chi connectivity index (χ4n) is 0.776. The van der Waals surface area contributed by atoms with Gasteiger partial charge in [-0.1, -0.05) is 0 Å². The third-order valence-corrected chi connectivity index (χ3v) is 5.58. The van der Waals surface area contributed by atoms with Crippen LogP contribution in [0.5, 0.6) is 0 Å². The quantitative estimate of drug-likeness (QED) is 0.440. The summed E-state index contributed by atoms with van der Waals surface area (Å²) in [5, 5.41) is 0. The molecule has 0 rings (SSSR count). The van der Waals surface area contributed by atoms with E-state index in [2.05, 4.69) is 6.92 Å². The molecule has 0 spiro atoms. The Hall–Kier alpha value is 0.260. The standard InChI is InChI=1S/C9H18O2Te/c1-5-6-7-12-9(2,3)8(10)11-4/h5-7H2,1-4H3. The number of rotatable bonds is 5. The number of carbonyl (C=O) groups excluding carboxylic acids is 1. The number of hydrogen-bond acceptors (Lipinski definition) is 2. The van der Waals surface area contributed by atoms with Crippen molar-refractivity contribution in [2.24, 2.45) is 0 Å². The second-order valence-corrected chi connectivity index (χ2v) is 8.11. The third-order valence-electron chi connectivity index (χ3n) is 1.64. The van der Waals surface area contributed by atoms with Gasteiger partial charge in [0.15, 0.2) is 0 Å². The van der Waals surface area contributed by atoms with Gasteiger partial charge in [-0.2, -0.15) is 0 Å². The fraction of sp³-hybridized carbons (Fsp3) is 0.889. The number of unbranched alkanes of at least 4 members (excludes halogenated alkanes) is 1. The zero-order chi connectivity index (χ0) is 9.61. The van der Waals surface area contributed by atoms with Crippen molar-refractivity contribution in [1.29, 1.82) is 0 Å². The van der Waals surface area contributed by atoms with Crippen molar-refractivity contribution < 1.29 is 9.53 Å². The summed E-state index contributed by atoms with van der Waals surface area (Å²) >= 11 is -0.226. The van der Waals surface area contributed by atoms with E-state index in [1.165, 1.54) is 24.4 Å². The summed E-state index contributed by atoms with van der Waals surface area (Å²) in [5.41, 5.74) is 0. The number of ether oxygens (including phenoxy) is 1. The summed E-state index contributed by atoms with van der Waals surface area (Å²) in [6.45, 7) is 6.17. The van der Waals surface area contributed by atoms with E-state index in [-0.39, 0.29) is 30.4 Å². The van der Waals surface area contributed by atoms with Gasteiger partial charge in [-0.25, -0.2) is 0 Å². The maximum atomic E-state index is 11.2. The van der Waals surface area contributed by atoms with Crippen molar-refractivity contribution in [3.8, 4) is 0 Å². The van der Waals surface area contributed by atoms with E-state index in [0.717, 1.165) is 0 Å². The third kappa shape index (κ3) is 4.33. The summed E-state index contributed by atoms with van der Waals surface area (Å²) in [7, 11) is 1.47. The van der Waals surface area contributed by atoms with E-state index >= 15 is 0 Å². The first-order chi connectivity index (χ1) is 5.54. The first kappa shape index (κ1) is 12.3. The summed E-state index contributed by atoms with van der Waals surface area (Å²) in [6.07, 6.45) is 2.48. The van der Waals surface area contributed by atoms with Gasteiger partial charge in [0.25, 0.3) is 0 Å². The van der Waals surface area contributed by atoms with E-state index in [1.807, 2.05) is 13.8 Å². The Morgan fingerprint density at radius 1 is 1.50 bits per heavy atom. The average molecular weight is 286 g/mol. The molecule has 0 aromatic carbocycles. The van der Waals surface area contributed by atoms with Gasteiger partial charge in [-0.15, -0.1) is 0 Å².